The molecule has 0 aliphatic heterocycles. The molecule has 0 aliphatic carbocycles. The number of carbonyl (C=O) groups is 2. The molecule has 3 N–H and O–H groups in total. The summed E-state index contributed by atoms with van der Waals surface area (Å²) >= 11 is 3.22. The van der Waals surface area contributed by atoms with Crippen LogP contribution in [0.15, 0.2) is 22.7 Å². The molecule has 104 valence electrons. The lowest BCUT2D eigenvalue weighted by Crippen LogP contribution is -2.30. The maximum atomic E-state index is 11.9. The van der Waals surface area contributed by atoms with Crippen LogP contribution in [-0.2, 0) is 4.79 Å². The molecule has 1 aromatic carbocycles. The fourth-order valence-corrected chi connectivity index (χ4v) is 2.00. The summed E-state index contributed by atoms with van der Waals surface area (Å²) in [6.45, 7) is 5.17. The number of hydrogen-bond donors (Lipinski definition) is 3. The van der Waals surface area contributed by atoms with Crippen molar-refractivity contribution in [1.82, 2.24) is 5.32 Å². The first-order chi connectivity index (χ1) is 8.93. The van der Waals surface area contributed by atoms with Gasteiger partial charge in [-0.2, -0.15) is 0 Å². The largest absolute Gasteiger partial charge is 0.478 e. The van der Waals surface area contributed by atoms with Crippen LogP contribution in [0.25, 0.3) is 0 Å². The van der Waals surface area contributed by atoms with Crippen molar-refractivity contribution in [2.45, 2.75) is 13.8 Å². The second-order valence-electron chi connectivity index (χ2n) is 4.23. The van der Waals surface area contributed by atoms with E-state index in [9.17, 15) is 9.59 Å². The molecular formula is C13H17BrN2O3. The first-order valence-corrected chi connectivity index (χ1v) is 6.78. The van der Waals surface area contributed by atoms with Gasteiger partial charge in [-0.05, 0) is 24.7 Å². The molecule has 0 aromatic heterocycles. The van der Waals surface area contributed by atoms with Gasteiger partial charge in [0.15, 0.2) is 0 Å². The molecule has 0 heterocycles. The van der Waals surface area contributed by atoms with Crippen LogP contribution in [-0.4, -0.2) is 30.1 Å². The maximum absolute atomic E-state index is 11.9. The molecule has 5 nitrogen and oxygen atoms in total. The Hall–Kier alpha value is -1.40. The number of nitrogens with one attached hydrogen (secondary N) is 2. The number of benzene rings is 1. The Morgan fingerprint density at radius 2 is 2.05 bits per heavy atom. The predicted octanol–water partition coefficient (Wildman–Crippen LogP) is 2.33. The number of carboxylic acids is 1. The van der Waals surface area contributed by atoms with E-state index in [0.717, 1.165) is 6.54 Å². The van der Waals surface area contributed by atoms with Crippen molar-refractivity contribution in [2.24, 2.45) is 5.92 Å². The third-order valence-electron chi connectivity index (χ3n) is 2.56. The summed E-state index contributed by atoms with van der Waals surface area (Å²) < 4.78 is 0.613. The highest BCUT2D eigenvalue weighted by Gasteiger charge is 2.14. The van der Waals surface area contributed by atoms with Crippen molar-refractivity contribution >= 4 is 33.5 Å². The summed E-state index contributed by atoms with van der Waals surface area (Å²) in [5.74, 6) is -1.36. The lowest BCUT2D eigenvalue weighted by Gasteiger charge is -2.13. The molecule has 19 heavy (non-hydrogen) atoms. The molecule has 6 heteroatoms. The van der Waals surface area contributed by atoms with Gasteiger partial charge in [0.1, 0.15) is 0 Å². The van der Waals surface area contributed by atoms with Crippen LogP contribution >= 0.6 is 15.9 Å². The quantitative estimate of drug-likeness (QED) is 0.748. The normalized spacial score (nSPS) is 11.9. The van der Waals surface area contributed by atoms with Crippen LogP contribution in [0.3, 0.4) is 0 Å². The highest BCUT2D eigenvalue weighted by molar-refractivity contribution is 9.10. The number of hydrogen-bond acceptors (Lipinski definition) is 3. The molecule has 0 bridgehead atoms. The molecule has 0 fully saturated rings. The second kappa shape index (κ2) is 7.25. The van der Waals surface area contributed by atoms with Gasteiger partial charge in [0.05, 0.1) is 5.56 Å². The third-order valence-corrected chi connectivity index (χ3v) is 3.02. The Labute approximate surface area is 120 Å². The molecule has 1 aromatic rings. The highest BCUT2D eigenvalue weighted by atomic mass is 79.9. The molecule has 0 radical (unpaired) electrons. The Kier molecular flexibility index (Phi) is 5.98. The van der Waals surface area contributed by atoms with Gasteiger partial charge in [0.25, 0.3) is 0 Å². The first-order valence-electron chi connectivity index (χ1n) is 5.99. The van der Waals surface area contributed by atoms with Gasteiger partial charge in [-0.1, -0.05) is 29.8 Å². The monoisotopic (exact) mass is 328 g/mol. The zero-order chi connectivity index (χ0) is 14.4. The van der Waals surface area contributed by atoms with Gasteiger partial charge in [-0.15, -0.1) is 0 Å². The predicted molar refractivity (Wildman–Crippen MR) is 77.4 cm³/mol. The topological polar surface area (TPSA) is 78.4 Å². The molecule has 0 saturated heterocycles. The van der Waals surface area contributed by atoms with Gasteiger partial charge >= 0.3 is 5.97 Å². The molecule has 0 aliphatic rings. The van der Waals surface area contributed by atoms with Crippen LogP contribution in [0.4, 0.5) is 5.69 Å². The summed E-state index contributed by atoms with van der Waals surface area (Å²) in [5, 5.41) is 14.8. The van der Waals surface area contributed by atoms with Crippen LogP contribution < -0.4 is 10.6 Å². The van der Waals surface area contributed by atoms with E-state index in [1.165, 1.54) is 12.1 Å². The average molecular weight is 329 g/mol. The van der Waals surface area contributed by atoms with Crippen LogP contribution in [0.5, 0.6) is 0 Å². The van der Waals surface area contributed by atoms with Crippen LogP contribution in [0, 0.1) is 5.92 Å². The average Bonchev–Trinajstić information content (AvgIpc) is 2.34. The standard InChI is InChI=1S/C13H17BrN2O3/c1-3-15-7-8(2)12(17)16-11-5-9(13(18)19)4-10(14)6-11/h4-6,8,15H,3,7H2,1-2H3,(H,16,17)(H,18,19). The molecule has 1 amide bonds. The van der Waals surface area contributed by atoms with E-state index >= 15 is 0 Å². The van der Waals surface area contributed by atoms with Crippen molar-refractivity contribution in [3.8, 4) is 0 Å². The molecule has 0 saturated carbocycles. The van der Waals surface area contributed by atoms with Crippen LogP contribution in [0.2, 0.25) is 0 Å². The molecule has 1 atom stereocenters. The molecule has 0 spiro atoms. The minimum atomic E-state index is -1.03. The zero-order valence-corrected chi connectivity index (χ0v) is 12.5. The fourth-order valence-electron chi connectivity index (χ4n) is 1.50. The number of halogens is 1. The van der Waals surface area contributed by atoms with E-state index in [-0.39, 0.29) is 17.4 Å². The van der Waals surface area contributed by atoms with Gasteiger partial charge in [-0.3, -0.25) is 4.79 Å². The van der Waals surface area contributed by atoms with Gasteiger partial charge in [-0.25, -0.2) is 4.79 Å². The molecule has 1 rings (SSSR count). The number of carboxylic acid groups (broad SMARTS) is 1. The minimum absolute atomic E-state index is 0.129. The SMILES string of the molecule is CCNCC(C)C(=O)Nc1cc(Br)cc(C(=O)O)c1. The third kappa shape index (κ3) is 5.00. The number of carbonyl (C=O) groups excluding carboxylic acids is 1. The van der Waals surface area contributed by atoms with E-state index in [0.29, 0.717) is 16.7 Å². The highest BCUT2D eigenvalue weighted by Crippen LogP contribution is 2.20. The maximum Gasteiger partial charge on any atom is 0.335 e. The van der Waals surface area contributed by atoms with Gasteiger partial charge < -0.3 is 15.7 Å². The summed E-state index contributed by atoms with van der Waals surface area (Å²) in [7, 11) is 0. The Morgan fingerprint density at radius 3 is 2.63 bits per heavy atom. The van der Waals surface area contributed by atoms with Gasteiger partial charge in [0, 0.05) is 22.6 Å². The van der Waals surface area contributed by atoms with Crippen molar-refractivity contribution < 1.29 is 14.7 Å². The van der Waals surface area contributed by atoms with E-state index in [1.807, 2.05) is 13.8 Å². The smallest absolute Gasteiger partial charge is 0.335 e. The van der Waals surface area contributed by atoms with E-state index < -0.39 is 5.97 Å². The zero-order valence-electron chi connectivity index (χ0n) is 10.9. The number of anilines is 1. The summed E-state index contributed by atoms with van der Waals surface area (Å²) in [6, 6.07) is 4.59. The minimum Gasteiger partial charge on any atom is -0.478 e. The van der Waals surface area contributed by atoms with E-state index in [1.54, 1.807) is 6.07 Å². The Morgan fingerprint density at radius 1 is 1.37 bits per heavy atom. The second-order valence-corrected chi connectivity index (χ2v) is 5.15. The first kappa shape index (κ1) is 15.7. The van der Waals surface area contributed by atoms with Crippen molar-refractivity contribution in [3.05, 3.63) is 28.2 Å². The summed E-state index contributed by atoms with van der Waals surface area (Å²) in [4.78, 5) is 22.8. The van der Waals surface area contributed by atoms with Gasteiger partial charge in [0.2, 0.25) is 5.91 Å². The Balaban J connectivity index is 2.76. The number of rotatable bonds is 6. The van der Waals surface area contributed by atoms with Crippen molar-refractivity contribution in [2.75, 3.05) is 18.4 Å². The van der Waals surface area contributed by atoms with Crippen molar-refractivity contribution in [1.29, 1.82) is 0 Å². The van der Waals surface area contributed by atoms with Crippen molar-refractivity contribution in [3.63, 3.8) is 0 Å². The van der Waals surface area contributed by atoms with Crippen LogP contribution in [0.1, 0.15) is 24.2 Å². The van der Waals surface area contributed by atoms with E-state index in [2.05, 4.69) is 26.6 Å². The summed E-state index contributed by atoms with van der Waals surface area (Å²) in [5.41, 5.74) is 0.601. The van der Waals surface area contributed by atoms with E-state index in [4.69, 9.17) is 5.11 Å². The lowest BCUT2D eigenvalue weighted by atomic mass is 10.1. The number of amides is 1. The Bertz CT molecular complexity index is 477. The lowest BCUT2D eigenvalue weighted by molar-refractivity contribution is -0.119. The molecule has 1 unspecified atom stereocenters. The fraction of sp³-hybridized carbons (Fsp3) is 0.385. The molecular weight excluding hydrogens is 312 g/mol. The summed E-state index contributed by atoms with van der Waals surface area (Å²) in [6.07, 6.45) is 0. The number of aromatic carboxylic acids is 1.